The minimum atomic E-state index is -0.289. The van der Waals surface area contributed by atoms with E-state index < -0.39 is 0 Å². The molecule has 0 bridgehead atoms. The van der Waals surface area contributed by atoms with Gasteiger partial charge in [0.05, 0.1) is 12.1 Å². The van der Waals surface area contributed by atoms with Crippen LogP contribution in [-0.2, 0) is 0 Å². The van der Waals surface area contributed by atoms with Gasteiger partial charge in [-0.15, -0.1) is 0 Å². The molecule has 7 nitrogen and oxygen atoms in total. The molecule has 0 amide bonds. The number of rotatable bonds is 2. The van der Waals surface area contributed by atoms with Crippen molar-refractivity contribution >= 4 is 5.95 Å². The molecule has 8 heteroatoms. The number of aromatic nitrogens is 4. The number of tetrazole rings is 1. The molecule has 0 aliphatic carbocycles. The van der Waals surface area contributed by atoms with Gasteiger partial charge in [-0.3, -0.25) is 0 Å². The summed E-state index contributed by atoms with van der Waals surface area (Å²) in [6.45, 7) is 0.229. The topological polar surface area (TPSA) is 74.1 Å². The summed E-state index contributed by atoms with van der Waals surface area (Å²) >= 11 is 0. The Balaban J connectivity index is 1.55. The van der Waals surface area contributed by atoms with Gasteiger partial charge in [-0.1, -0.05) is 29.4 Å². The Hall–Kier alpha value is -3.16. The summed E-state index contributed by atoms with van der Waals surface area (Å²) in [6.07, 6.45) is 0.610. The molecule has 126 valence electrons. The highest BCUT2D eigenvalue weighted by Gasteiger charge is 2.32. The molecule has 2 aliphatic heterocycles. The van der Waals surface area contributed by atoms with Crippen molar-refractivity contribution in [3.05, 3.63) is 59.4 Å². The van der Waals surface area contributed by atoms with Crippen molar-refractivity contribution in [2.45, 2.75) is 18.5 Å². The van der Waals surface area contributed by atoms with Crippen LogP contribution < -0.4 is 14.8 Å². The molecule has 3 heterocycles. The van der Waals surface area contributed by atoms with E-state index in [1.807, 2.05) is 24.3 Å². The van der Waals surface area contributed by atoms with E-state index in [9.17, 15) is 4.39 Å². The van der Waals surface area contributed by atoms with Gasteiger partial charge >= 0.3 is 0 Å². The van der Waals surface area contributed by atoms with Crippen LogP contribution in [0.1, 0.15) is 29.6 Å². The molecule has 5 rings (SSSR count). The number of benzene rings is 2. The van der Waals surface area contributed by atoms with Gasteiger partial charge in [-0.2, -0.15) is 0 Å². The molecule has 2 aliphatic rings. The zero-order chi connectivity index (χ0) is 16.8. The van der Waals surface area contributed by atoms with Crippen molar-refractivity contribution in [3.63, 3.8) is 0 Å². The van der Waals surface area contributed by atoms with Crippen molar-refractivity contribution in [1.29, 1.82) is 0 Å². The fourth-order valence-electron chi connectivity index (χ4n) is 3.39. The molecule has 1 aromatic heterocycles. The molecule has 2 atom stereocenters. The van der Waals surface area contributed by atoms with Crippen LogP contribution in [0.3, 0.4) is 0 Å². The third-order valence-electron chi connectivity index (χ3n) is 4.61. The summed E-state index contributed by atoms with van der Waals surface area (Å²) < 4.78 is 26.8. The largest absolute Gasteiger partial charge is 0.454 e. The predicted molar refractivity (Wildman–Crippen MR) is 85.9 cm³/mol. The zero-order valence-corrected chi connectivity index (χ0v) is 13.1. The van der Waals surface area contributed by atoms with E-state index >= 15 is 0 Å². The second-order valence-corrected chi connectivity index (χ2v) is 6.03. The van der Waals surface area contributed by atoms with Gasteiger partial charge in [0, 0.05) is 5.56 Å². The van der Waals surface area contributed by atoms with Gasteiger partial charge in [0.15, 0.2) is 11.5 Å². The first-order valence-corrected chi connectivity index (χ1v) is 7.98. The predicted octanol–water partition coefficient (Wildman–Crippen LogP) is 2.69. The quantitative estimate of drug-likeness (QED) is 0.774. The van der Waals surface area contributed by atoms with E-state index in [0.717, 1.165) is 11.3 Å². The lowest BCUT2D eigenvalue weighted by Crippen LogP contribution is -2.28. The minimum Gasteiger partial charge on any atom is -0.454 e. The fraction of sp³-hybridized carbons (Fsp3) is 0.235. The molecule has 0 saturated heterocycles. The highest BCUT2D eigenvalue weighted by atomic mass is 19.1. The number of hydrogen-bond donors (Lipinski definition) is 1. The van der Waals surface area contributed by atoms with Crippen LogP contribution in [0.15, 0.2) is 42.5 Å². The molecule has 3 aromatic rings. The summed E-state index contributed by atoms with van der Waals surface area (Å²) in [5, 5.41) is 15.1. The maximum atomic E-state index is 14.3. The number of hydrogen-bond acceptors (Lipinski definition) is 6. The number of anilines is 1. The Labute approximate surface area is 142 Å². The molecular weight excluding hydrogens is 325 g/mol. The van der Waals surface area contributed by atoms with Crippen LogP contribution in [0.4, 0.5) is 10.3 Å². The van der Waals surface area contributed by atoms with Crippen molar-refractivity contribution < 1.29 is 13.9 Å². The van der Waals surface area contributed by atoms with Gasteiger partial charge in [-0.05, 0) is 40.6 Å². The Bertz CT molecular complexity index is 944. The molecule has 1 N–H and O–H groups in total. The minimum absolute atomic E-state index is 0.0717. The first-order chi connectivity index (χ1) is 12.3. The third-order valence-corrected chi connectivity index (χ3v) is 4.61. The van der Waals surface area contributed by atoms with Gasteiger partial charge in [0.1, 0.15) is 5.82 Å². The van der Waals surface area contributed by atoms with Crippen LogP contribution in [0.25, 0.3) is 0 Å². The molecule has 2 unspecified atom stereocenters. The standard InChI is InChI=1S/C17H14FN5O2/c18-12-4-2-1-3-11(12)14-8-13(19-17-20-21-22-23(14)17)10-5-6-15-16(7-10)25-9-24-15/h1-7,13-14H,8-9H2,(H,19,20,22). The maximum absolute atomic E-state index is 14.3. The SMILES string of the molecule is Fc1ccccc1C1CC(c2ccc3c(c2)OCO3)Nc2nnnn21. The highest BCUT2D eigenvalue weighted by Crippen LogP contribution is 2.41. The van der Waals surface area contributed by atoms with Crippen molar-refractivity contribution in [2.24, 2.45) is 0 Å². The lowest BCUT2D eigenvalue weighted by Gasteiger charge is -2.31. The third kappa shape index (κ3) is 2.29. The van der Waals surface area contributed by atoms with Crippen LogP contribution in [0.5, 0.6) is 11.5 Å². The van der Waals surface area contributed by atoms with E-state index in [0.29, 0.717) is 23.7 Å². The number of halogens is 1. The number of nitrogens with one attached hydrogen (secondary N) is 1. The van der Waals surface area contributed by atoms with Crippen molar-refractivity contribution in [2.75, 3.05) is 12.1 Å². The van der Waals surface area contributed by atoms with Gasteiger partial charge in [0.2, 0.25) is 12.7 Å². The Kier molecular flexibility index (Phi) is 3.09. The average Bonchev–Trinajstić information content (AvgIpc) is 3.29. The lowest BCUT2D eigenvalue weighted by atomic mass is 9.93. The summed E-state index contributed by atoms with van der Waals surface area (Å²) in [7, 11) is 0. The zero-order valence-electron chi connectivity index (χ0n) is 13.1. The second kappa shape index (κ2) is 5.44. The summed E-state index contributed by atoms with van der Waals surface area (Å²) in [6, 6.07) is 12.2. The number of ether oxygens (including phenoxy) is 2. The molecule has 0 fully saturated rings. The molecule has 0 spiro atoms. The van der Waals surface area contributed by atoms with E-state index in [1.165, 1.54) is 6.07 Å². The molecule has 0 saturated carbocycles. The molecule has 25 heavy (non-hydrogen) atoms. The molecule has 2 aromatic carbocycles. The average molecular weight is 339 g/mol. The van der Waals surface area contributed by atoms with E-state index in [2.05, 4.69) is 20.8 Å². The Morgan fingerprint density at radius 1 is 1.12 bits per heavy atom. The van der Waals surface area contributed by atoms with Crippen LogP contribution >= 0.6 is 0 Å². The fourth-order valence-corrected chi connectivity index (χ4v) is 3.39. The first-order valence-electron chi connectivity index (χ1n) is 7.98. The van der Waals surface area contributed by atoms with Gasteiger partial charge < -0.3 is 14.8 Å². The molecular formula is C17H14FN5O2. The molecule has 0 radical (unpaired) electrons. The summed E-state index contributed by atoms with van der Waals surface area (Å²) in [5.74, 6) is 1.70. The van der Waals surface area contributed by atoms with Crippen LogP contribution in [0.2, 0.25) is 0 Å². The van der Waals surface area contributed by atoms with E-state index in [-0.39, 0.29) is 24.7 Å². The highest BCUT2D eigenvalue weighted by molar-refractivity contribution is 5.47. The smallest absolute Gasteiger partial charge is 0.243 e. The van der Waals surface area contributed by atoms with Crippen molar-refractivity contribution in [1.82, 2.24) is 20.2 Å². The summed E-state index contributed by atoms with van der Waals surface area (Å²) in [5.41, 5.74) is 1.59. The van der Waals surface area contributed by atoms with Gasteiger partial charge in [0.25, 0.3) is 0 Å². The number of fused-ring (bicyclic) bond motifs is 2. The van der Waals surface area contributed by atoms with Gasteiger partial charge in [-0.25, -0.2) is 9.07 Å². The van der Waals surface area contributed by atoms with E-state index in [1.54, 1.807) is 16.8 Å². The monoisotopic (exact) mass is 339 g/mol. The first kappa shape index (κ1) is 14.2. The van der Waals surface area contributed by atoms with Crippen molar-refractivity contribution in [3.8, 4) is 11.5 Å². The normalized spacial score (nSPS) is 20.8. The Morgan fingerprint density at radius 2 is 2.00 bits per heavy atom. The van der Waals surface area contributed by atoms with E-state index in [4.69, 9.17) is 9.47 Å². The lowest BCUT2D eigenvalue weighted by molar-refractivity contribution is 0.174. The Morgan fingerprint density at radius 3 is 2.92 bits per heavy atom. The van der Waals surface area contributed by atoms with Crippen LogP contribution in [-0.4, -0.2) is 27.0 Å². The maximum Gasteiger partial charge on any atom is 0.243 e. The second-order valence-electron chi connectivity index (χ2n) is 6.03. The number of nitrogens with zero attached hydrogens (tertiary/aromatic N) is 4. The summed E-state index contributed by atoms with van der Waals surface area (Å²) in [4.78, 5) is 0. The van der Waals surface area contributed by atoms with Crippen LogP contribution in [0, 0.1) is 5.82 Å².